The molecule has 0 radical (unpaired) electrons. The van der Waals surface area contributed by atoms with Gasteiger partial charge in [0.1, 0.15) is 0 Å². The van der Waals surface area contributed by atoms with E-state index in [4.69, 9.17) is 0 Å². The third kappa shape index (κ3) is 4.51. The van der Waals surface area contributed by atoms with Gasteiger partial charge < -0.3 is 10.6 Å². The first kappa shape index (κ1) is 18.2. The lowest BCUT2D eigenvalue weighted by atomic mass is 9.97. The highest BCUT2D eigenvalue weighted by atomic mass is 16.2. The number of aryl methyl sites for hydroxylation is 2. The van der Waals surface area contributed by atoms with E-state index in [-0.39, 0.29) is 6.04 Å². The Morgan fingerprint density at radius 2 is 1.69 bits per heavy atom. The van der Waals surface area contributed by atoms with Gasteiger partial charge in [0, 0.05) is 5.69 Å². The quantitative estimate of drug-likeness (QED) is 0.800. The van der Waals surface area contributed by atoms with Crippen LogP contribution in [-0.4, -0.2) is 11.8 Å². The molecule has 0 aliphatic heterocycles. The minimum atomic E-state index is -0.618. The van der Waals surface area contributed by atoms with E-state index in [9.17, 15) is 9.59 Å². The summed E-state index contributed by atoms with van der Waals surface area (Å²) in [6.45, 7) is 4.21. The molecule has 0 aromatic heterocycles. The van der Waals surface area contributed by atoms with Gasteiger partial charge in [-0.3, -0.25) is 9.59 Å². The molecule has 1 aliphatic rings. The molecule has 0 saturated carbocycles. The number of amides is 2. The van der Waals surface area contributed by atoms with Gasteiger partial charge in [0.25, 0.3) is 0 Å². The highest BCUT2D eigenvalue weighted by molar-refractivity contribution is 6.39. The lowest BCUT2D eigenvalue weighted by molar-refractivity contribution is -0.136. The first-order chi connectivity index (χ1) is 12.5. The molecule has 1 atom stereocenters. The summed E-state index contributed by atoms with van der Waals surface area (Å²) in [6.07, 6.45) is 4.07. The summed E-state index contributed by atoms with van der Waals surface area (Å²) >= 11 is 0. The summed E-state index contributed by atoms with van der Waals surface area (Å²) < 4.78 is 0. The molecule has 2 aromatic carbocycles. The molecule has 136 valence electrons. The molecule has 0 saturated heterocycles. The second kappa shape index (κ2) is 8.17. The van der Waals surface area contributed by atoms with Crippen molar-refractivity contribution >= 4 is 17.5 Å². The zero-order chi connectivity index (χ0) is 18.5. The Hall–Kier alpha value is -2.62. The van der Waals surface area contributed by atoms with Gasteiger partial charge in [-0.2, -0.15) is 0 Å². The number of carbonyl (C=O) groups excluding carboxylic acids is 2. The van der Waals surface area contributed by atoms with Crippen LogP contribution in [0.15, 0.2) is 48.5 Å². The Kier molecular flexibility index (Phi) is 5.71. The van der Waals surface area contributed by atoms with Crippen LogP contribution in [0.5, 0.6) is 0 Å². The van der Waals surface area contributed by atoms with Crippen LogP contribution in [0.4, 0.5) is 5.69 Å². The predicted molar refractivity (Wildman–Crippen MR) is 104 cm³/mol. The normalized spacial score (nSPS) is 14.0. The molecule has 26 heavy (non-hydrogen) atoms. The monoisotopic (exact) mass is 350 g/mol. The number of hydrogen-bond acceptors (Lipinski definition) is 2. The standard InChI is InChI=1S/C22H26N2O2/c1-15(2)13-20(17-7-4-3-5-8-17)24-22(26)21(25)23-19-12-11-16-9-6-10-18(16)14-19/h3-5,7-8,11-12,14-15,20H,6,9-10,13H2,1-2H3,(H,23,25)(H,24,26). The molecule has 2 N–H and O–H groups in total. The maximum Gasteiger partial charge on any atom is 0.313 e. The molecular weight excluding hydrogens is 324 g/mol. The fourth-order valence-electron chi connectivity index (χ4n) is 3.50. The highest BCUT2D eigenvalue weighted by Gasteiger charge is 2.21. The summed E-state index contributed by atoms with van der Waals surface area (Å²) in [5, 5.41) is 5.62. The van der Waals surface area contributed by atoms with Crippen molar-refractivity contribution < 1.29 is 9.59 Å². The van der Waals surface area contributed by atoms with E-state index in [1.807, 2.05) is 48.5 Å². The SMILES string of the molecule is CC(C)CC(NC(=O)C(=O)Nc1ccc2c(c1)CCC2)c1ccccc1. The smallest absolute Gasteiger partial charge is 0.313 e. The molecule has 4 heteroatoms. The Morgan fingerprint density at radius 3 is 2.42 bits per heavy atom. The van der Waals surface area contributed by atoms with Crippen molar-refractivity contribution in [3.8, 4) is 0 Å². The second-order valence-electron chi connectivity index (χ2n) is 7.36. The lowest BCUT2D eigenvalue weighted by Crippen LogP contribution is -2.38. The number of rotatable bonds is 5. The van der Waals surface area contributed by atoms with Crippen LogP contribution in [0.2, 0.25) is 0 Å². The molecule has 2 aromatic rings. The maximum absolute atomic E-state index is 12.4. The average Bonchev–Trinajstić information content (AvgIpc) is 3.09. The molecule has 3 rings (SSSR count). The van der Waals surface area contributed by atoms with Crippen LogP contribution in [0.1, 0.15) is 49.4 Å². The molecule has 2 amide bonds. The summed E-state index contributed by atoms with van der Waals surface area (Å²) in [4.78, 5) is 24.8. The lowest BCUT2D eigenvalue weighted by Gasteiger charge is -2.21. The molecule has 1 aliphatic carbocycles. The van der Waals surface area contributed by atoms with Gasteiger partial charge in [-0.05, 0) is 60.4 Å². The van der Waals surface area contributed by atoms with Gasteiger partial charge in [0.05, 0.1) is 6.04 Å². The van der Waals surface area contributed by atoms with E-state index in [1.165, 1.54) is 11.1 Å². The summed E-state index contributed by atoms with van der Waals surface area (Å²) in [5.41, 5.74) is 4.31. The van der Waals surface area contributed by atoms with Crippen LogP contribution in [0, 0.1) is 5.92 Å². The van der Waals surface area contributed by atoms with E-state index in [0.717, 1.165) is 31.2 Å². The fourth-order valence-corrected chi connectivity index (χ4v) is 3.50. The van der Waals surface area contributed by atoms with E-state index in [0.29, 0.717) is 11.6 Å². The van der Waals surface area contributed by atoms with Gasteiger partial charge in [0.2, 0.25) is 0 Å². The van der Waals surface area contributed by atoms with Crippen LogP contribution in [0.3, 0.4) is 0 Å². The third-order valence-electron chi connectivity index (χ3n) is 4.78. The first-order valence-electron chi connectivity index (χ1n) is 9.31. The number of fused-ring (bicyclic) bond motifs is 1. The number of carbonyl (C=O) groups is 2. The predicted octanol–water partition coefficient (Wildman–Crippen LogP) is 4.02. The summed E-state index contributed by atoms with van der Waals surface area (Å²) in [5.74, 6) is -0.812. The van der Waals surface area contributed by atoms with Crippen LogP contribution < -0.4 is 10.6 Å². The van der Waals surface area contributed by atoms with Crippen LogP contribution in [0.25, 0.3) is 0 Å². The zero-order valence-electron chi connectivity index (χ0n) is 15.4. The average molecular weight is 350 g/mol. The van der Waals surface area contributed by atoms with Crippen molar-refractivity contribution in [2.45, 2.75) is 45.6 Å². The topological polar surface area (TPSA) is 58.2 Å². The van der Waals surface area contributed by atoms with Crippen molar-refractivity contribution in [3.05, 3.63) is 65.2 Å². The van der Waals surface area contributed by atoms with E-state index in [2.05, 4.69) is 24.5 Å². The number of benzene rings is 2. The highest BCUT2D eigenvalue weighted by Crippen LogP contribution is 2.25. The molecule has 4 nitrogen and oxygen atoms in total. The third-order valence-corrected chi connectivity index (χ3v) is 4.78. The number of anilines is 1. The van der Waals surface area contributed by atoms with E-state index < -0.39 is 11.8 Å². The van der Waals surface area contributed by atoms with Crippen molar-refractivity contribution in [3.63, 3.8) is 0 Å². The molecule has 0 fully saturated rings. The van der Waals surface area contributed by atoms with Crippen LogP contribution in [-0.2, 0) is 22.4 Å². The summed E-state index contributed by atoms with van der Waals surface area (Å²) in [6, 6.07) is 15.5. The largest absolute Gasteiger partial charge is 0.341 e. The van der Waals surface area contributed by atoms with Crippen molar-refractivity contribution in [1.82, 2.24) is 5.32 Å². The minimum Gasteiger partial charge on any atom is -0.341 e. The van der Waals surface area contributed by atoms with Gasteiger partial charge in [-0.15, -0.1) is 0 Å². The fraction of sp³-hybridized carbons (Fsp3) is 0.364. The van der Waals surface area contributed by atoms with Crippen molar-refractivity contribution in [2.75, 3.05) is 5.32 Å². The Labute approximate surface area is 155 Å². The minimum absolute atomic E-state index is 0.172. The molecular formula is C22H26N2O2. The summed E-state index contributed by atoms with van der Waals surface area (Å²) in [7, 11) is 0. The Morgan fingerprint density at radius 1 is 0.962 bits per heavy atom. The van der Waals surface area contributed by atoms with Crippen LogP contribution >= 0.6 is 0 Å². The number of nitrogens with one attached hydrogen (secondary N) is 2. The molecule has 0 heterocycles. The van der Waals surface area contributed by atoms with Gasteiger partial charge in [-0.25, -0.2) is 0 Å². The van der Waals surface area contributed by atoms with Gasteiger partial charge >= 0.3 is 11.8 Å². The maximum atomic E-state index is 12.4. The first-order valence-corrected chi connectivity index (χ1v) is 9.31. The second-order valence-corrected chi connectivity index (χ2v) is 7.36. The Bertz CT molecular complexity index is 784. The van der Waals surface area contributed by atoms with E-state index in [1.54, 1.807) is 0 Å². The van der Waals surface area contributed by atoms with Gasteiger partial charge in [0.15, 0.2) is 0 Å². The van der Waals surface area contributed by atoms with Crippen molar-refractivity contribution in [1.29, 1.82) is 0 Å². The van der Waals surface area contributed by atoms with E-state index >= 15 is 0 Å². The molecule has 0 bridgehead atoms. The zero-order valence-corrected chi connectivity index (χ0v) is 15.4. The molecule has 0 spiro atoms. The van der Waals surface area contributed by atoms with Crippen molar-refractivity contribution in [2.24, 2.45) is 5.92 Å². The Balaban J connectivity index is 1.66. The molecule has 1 unspecified atom stereocenters. The van der Waals surface area contributed by atoms with Gasteiger partial charge in [-0.1, -0.05) is 50.2 Å². The number of hydrogen-bond donors (Lipinski definition) is 2.